The molecule has 1 heterocycles. The lowest BCUT2D eigenvalue weighted by molar-refractivity contribution is -0.704. The Morgan fingerprint density at radius 2 is 0.608 bits per heavy atom. The van der Waals surface area contributed by atoms with Crippen LogP contribution in [-0.2, 0) is 19.5 Å². The van der Waals surface area contributed by atoms with Crippen molar-refractivity contribution in [2.45, 2.75) is 297 Å². The van der Waals surface area contributed by atoms with Crippen LogP contribution in [0.15, 0.2) is 12.4 Å². The summed E-state index contributed by atoms with van der Waals surface area (Å²) in [7, 11) is 0. The second kappa shape index (κ2) is 40.4. The van der Waals surface area contributed by atoms with Crippen LogP contribution in [0, 0.1) is 0 Å². The molecular weight excluding hydrogens is 617 g/mol. The van der Waals surface area contributed by atoms with Crippen LogP contribution < -0.4 is 4.57 Å². The Morgan fingerprint density at radius 1 is 0.333 bits per heavy atom. The summed E-state index contributed by atoms with van der Waals surface area (Å²) in [5, 5.41) is 0. The van der Waals surface area contributed by atoms with Crippen molar-refractivity contribution in [2.75, 3.05) is 0 Å². The van der Waals surface area contributed by atoms with E-state index in [0.29, 0.717) is 0 Å². The molecule has 0 saturated heterocycles. The first-order valence-electron chi connectivity index (χ1n) is 24.4. The largest absolute Gasteiger partial charge is 0.256 e. The van der Waals surface area contributed by atoms with Crippen LogP contribution in [0.5, 0.6) is 0 Å². The molecule has 0 aliphatic rings. The minimum atomic E-state index is 1.23. The van der Waals surface area contributed by atoms with E-state index in [1.807, 2.05) is 0 Å². The molecule has 0 radical (unpaired) electrons. The SMILES string of the molecule is CCCCCCCCCCCCCCCCCc1n(CCCCCCCCCCCCCCCC)cc[n+]1CCCCCCCCCCCCC. The number of aromatic nitrogens is 2. The zero-order valence-corrected chi connectivity index (χ0v) is 36.0. The van der Waals surface area contributed by atoms with Gasteiger partial charge in [0, 0.05) is 6.42 Å². The van der Waals surface area contributed by atoms with Gasteiger partial charge in [0.1, 0.15) is 12.4 Å². The molecule has 0 unspecified atom stereocenters. The lowest BCUT2D eigenvalue weighted by Crippen LogP contribution is -2.37. The predicted molar refractivity (Wildman–Crippen MR) is 230 cm³/mol. The van der Waals surface area contributed by atoms with Gasteiger partial charge in [-0.15, -0.1) is 0 Å². The molecule has 0 bridgehead atoms. The van der Waals surface area contributed by atoms with E-state index in [1.54, 1.807) is 5.82 Å². The van der Waals surface area contributed by atoms with E-state index in [9.17, 15) is 0 Å². The van der Waals surface area contributed by atoms with Gasteiger partial charge in [-0.05, 0) is 32.1 Å². The van der Waals surface area contributed by atoms with Crippen molar-refractivity contribution in [3.05, 3.63) is 18.2 Å². The number of unbranched alkanes of at least 4 members (excludes halogenated alkanes) is 37. The highest BCUT2D eigenvalue weighted by molar-refractivity contribution is 4.84. The number of hydrogen-bond acceptors (Lipinski definition) is 0. The standard InChI is InChI=1S/C49H97N2/c1-4-7-10-13-16-19-22-24-26-27-29-32-35-38-41-44-49-50(45-42-39-36-33-30-21-18-15-12-9-6-3)47-48-51(49)46-43-40-37-34-31-28-25-23-20-17-14-11-8-5-2/h47-48H,4-46H2,1-3H3/q+1. The van der Waals surface area contributed by atoms with E-state index < -0.39 is 0 Å². The third-order valence-electron chi connectivity index (χ3n) is 11.8. The highest BCUT2D eigenvalue weighted by Crippen LogP contribution is 2.17. The molecule has 0 saturated carbocycles. The smallest absolute Gasteiger partial charge is 0.234 e. The molecule has 51 heavy (non-hydrogen) atoms. The molecule has 1 aromatic heterocycles. The Bertz CT molecular complexity index is 781. The lowest BCUT2D eigenvalue weighted by Gasteiger charge is -2.07. The molecule has 0 fully saturated rings. The average molecular weight is 714 g/mol. The number of aryl methyl sites for hydroxylation is 2. The van der Waals surface area contributed by atoms with Gasteiger partial charge < -0.3 is 0 Å². The summed E-state index contributed by atoms with van der Waals surface area (Å²) in [5.41, 5.74) is 0. The normalized spacial score (nSPS) is 11.7. The van der Waals surface area contributed by atoms with Crippen molar-refractivity contribution in [1.82, 2.24) is 4.57 Å². The molecule has 1 rings (SSSR count). The Kier molecular flexibility index (Phi) is 38.2. The van der Waals surface area contributed by atoms with Gasteiger partial charge in [-0.25, -0.2) is 9.13 Å². The van der Waals surface area contributed by atoms with Gasteiger partial charge in [0.05, 0.1) is 13.1 Å². The van der Waals surface area contributed by atoms with Crippen LogP contribution in [0.3, 0.4) is 0 Å². The van der Waals surface area contributed by atoms with Crippen molar-refractivity contribution in [2.24, 2.45) is 0 Å². The zero-order chi connectivity index (χ0) is 36.6. The Labute approximate surface area is 323 Å². The van der Waals surface area contributed by atoms with Gasteiger partial charge in [0.2, 0.25) is 0 Å². The average Bonchev–Trinajstić information content (AvgIpc) is 3.53. The topological polar surface area (TPSA) is 8.81 Å². The van der Waals surface area contributed by atoms with Crippen LogP contribution in [-0.4, -0.2) is 4.57 Å². The number of hydrogen-bond donors (Lipinski definition) is 0. The summed E-state index contributed by atoms with van der Waals surface area (Å²) in [6, 6.07) is 0. The van der Waals surface area contributed by atoms with Crippen molar-refractivity contribution in [3.63, 3.8) is 0 Å². The maximum absolute atomic E-state index is 2.66. The van der Waals surface area contributed by atoms with Crippen LogP contribution in [0.1, 0.15) is 283 Å². The van der Waals surface area contributed by atoms with Crippen LogP contribution in [0.2, 0.25) is 0 Å². The molecule has 0 atom stereocenters. The maximum Gasteiger partial charge on any atom is 0.256 e. The highest BCUT2D eigenvalue weighted by atomic mass is 15.1. The van der Waals surface area contributed by atoms with Gasteiger partial charge in [-0.1, -0.05) is 245 Å². The molecule has 0 N–H and O–H groups in total. The quantitative estimate of drug-likeness (QED) is 0.0471. The third kappa shape index (κ3) is 32.4. The molecule has 0 aliphatic carbocycles. The fourth-order valence-electron chi connectivity index (χ4n) is 8.27. The Morgan fingerprint density at radius 3 is 0.941 bits per heavy atom. The molecule has 2 nitrogen and oxygen atoms in total. The van der Waals surface area contributed by atoms with E-state index in [2.05, 4.69) is 42.3 Å². The van der Waals surface area contributed by atoms with Gasteiger partial charge in [0.15, 0.2) is 0 Å². The first-order valence-corrected chi connectivity index (χ1v) is 24.4. The molecule has 0 spiro atoms. The first-order chi connectivity index (χ1) is 25.3. The van der Waals surface area contributed by atoms with E-state index >= 15 is 0 Å². The zero-order valence-electron chi connectivity index (χ0n) is 36.0. The van der Waals surface area contributed by atoms with E-state index in [0.717, 1.165) is 0 Å². The minimum Gasteiger partial charge on any atom is -0.234 e. The monoisotopic (exact) mass is 714 g/mol. The van der Waals surface area contributed by atoms with Crippen LogP contribution in [0.4, 0.5) is 0 Å². The third-order valence-corrected chi connectivity index (χ3v) is 11.8. The summed E-state index contributed by atoms with van der Waals surface area (Å²) >= 11 is 0. The van der Waals surface area contributed by atoms with Crippen molar-refractivity contribution in [1.29, 1.82) is 0 Å². The van der Waals surface area contributed by atoms with Gasteiger partial charge in [0.25, 0.3) is 5.82 Å². The van der Waals surface area contributed by atoms with E-state index in [1.165, 1.54) is 276 Å². The van der Waals surface area contributed by atoms with Crippen molar-refractivity contribution in [3.8, 4) is 0 Å². The molecule has 2 heteroatoms. The summed E-state index contributed by atoms with van der Waals surface area (Å²) < 4.78 is 5.31. The second-order valence-electron chi connectivity index (χ2n) is 16.9. The van der Waals surface area contributed by atoms with E-state index in [-0.39, 0.29) is 0 Å². The maximum atomic E-state index is 2.66. The Hall–Kier alpha value is -0.790. The number of imidazole rings is 1. The molecule has 0 aliphatic heterocycles. The second-order valence-corrected chi connectivity index (χ2v) is 16.9. The predicted octanol–water partition coefficient (Wildman–Crippen LogP) is 17.0. The van der Waals surface area contributed by atoms with Gasteiger partial charge in [-0.3, -0.25) is 0 Å². The summed E-state index contributed by atoms with van der Waals surface area (Å²) in [4.78, 5) is 0. The molecular formula is C49H97N2+. The molecule has 1 aromatic rings. The summed E-state index contributed by atoms with van der Waals surface area (Å²) in [5.74, 6) is 1.63. The fourth-order valence-corrected chi connectivity index (χ4v) is 8.27. The minimum absolute atomic E-state index is 1.23. The van der Waals surface area contributed by atoms with Crippen LogP contribution in [0.25, 0.3) is 0 Å². The van der Waals surface area contributed by atoms with Gasteiger partial charge >= 0.3 is 0 Å². The number of rotatable bonds is 43. The highest BCUT2D eigenvalue weighted by Gasteiger charge is 2.16. The van der Waals surface area contributed by atoms with Crippen LogP contribution >= 0.6 is 0 Å². The van der Waals surface area contributed by atoms with Gasteiger partial charge in [-0.2, -0.15) is 0 Å². The Balaban J connectivity index is 2.26. The number of nitrogens with zero attached hydrogens (tertiary/aromatic N) is 2. The summed E-state index contributed by atoms with van der Waals surface area (Å²) in [6.45, 7) is 9.42. The fraction of sp³-hybridized carbons (Fsp3) is 0.939. The first kappa shape index (κ1) is 48.2. The van der Waals surface area contributed by atoms with Crippen molar-refractivity contribution < 1.29 is 4.57 Å². The molecule has 302 valence electrons. The molecule has 0 amide bonds. The molecule has 0 aromatic carbocycles. The van der Waals surface area contributed by atoms with E-state index in [4.69, 9.17) is 0 Å². The summed E-state index contributed by atoms with van der Waals surface area (Å²) in [6.07, 6.45) is 63.8. The lowest BCUT2D eigenvalue weighted by atomic mass is 10.0. The van der Waals surface area contributed by atoms with Crippen molar-refractivity contribution >= 4 is 0 Å².